The van der Waals surface area contributed by atoms with E-state index in [9.17, 15) is 28.0 Å². The second-order valence-electron chi connectivity index (χ2n) is 8.22. The summed E-state index contributed by atoms with van der Waals surface area (Å²) in [5.41, 5.74) is 4.42. The minimum absolute atomic E-state index is 0.167. The van der Waals surface area contributed by atoms with Gasteiger partial charge >= 0.3 is 18.1 Å². The summed E-state index contributed by atoms with van der Waals surface area (Å²) in [5.74, 6) is -3.75. The number of halogens is 3. The summed E-state index contributed by atoms with van der Waals surface area (Å²) in [7, 11) is 2.11. The van der Waals surface area contributed by atoms with Gasteiger partial charge in [0.25, 0.3) is 0 Å². The summed E-state index contributed by atoms with van der Waals surface area (Å²) >= 11 is 0. The number of nitrogens with zero attached hydrogens (tertiary/aromatic N) is 2. The molecule has 0 aliphatic carbocycles. The predicted octanol–water partition coefficient (Wildman–Crippen LogP) is 4.39. The van der Waals surface area contributed by atoms with E-state index in [1.807, 2.05) is 6.07 Å². The second kappa shape index (κ2) is 10.7. The van der Waals surface area contributed by atoms with Crippen molar-refractivity contribution in [2.24, 2.45) is 5.73 Å². The molecule has 0 saturated heterocycles. The largest absolute Gasteiger partial charge is 0.491 e. The van der Waals surface area contributed by atoms with E-state index < -0.39 is 41.4 Å². The number of methoxy groups -OCH3 is 2. The molecule has 1 atom stereocenters. The highest BCUT2D eigenvalue weighted by molar-refractivity contribution is 6.06. The van der Waals surface area contributed by atoms with Gasteiger partial charge in [0.1, 0.15) is 17.3 Å². The fraction of sp³-hybridized carbons (Fsp3) is 0.269. The van der Waals surface area contributed by atoms with Crippen molar-refractivity contribution in [3.63, 3.8) is 0 Å². The zero-order valence-corrected chi connectivity index (χ0v) is 20.4. The Labute approximate surface area is 211 Å². The van der Waals surface area contributed by atoms with Gasteiger partial charge in [-0.05, 0) is 31.5 Å². The van der Waals surface area contributed by atoms with Gasteiger partial charge < -0.3 is 19.9 Å². The summed E-state index contributed by atoms with van der Waals surface area (Å²) in [4.78, 5) is 27.1. The van der Waals surface area contributed by atoms with Crippen molar-refractivity contribution in [1.82, 2.24) is 0 Å². The molecular weight excluding hydrogens is 491 g/mol. The number of hydrogen-bond acceptors (Lipinski definition) is 8. The number of hydrogen-bond donors (Lipinski definition) is 1. The Morgan fingerprint density at radius 1 is 1.05 bits per heavy atom. The Hall–Kier alpha value is -4.46. The summed E-state index contributed by atoms with van der Waals surface area (Å²) in [5, 5.41) is 10.1. The van der Waals surface area contributed by atoms with E-state index in [4.69, 9.17) is 19.9 Å². The van der Waals surface area contributed by atoms with Crippen LogP contribution in [0, 0.1) is 11.3 Å². The highest BCUT2D eigenvalue weighted by Crippen LogP contribution is 2.45. The van der Waals surface area contributed by atoms with Crippen molar-refractivity contribution in [3.05, 3.63) is 82.3 Å². The molecule has 37 heavy (non-hydrogen) atoms. The lowest BCUT2D eigenvalue weighted by molar-refractivity contribution is -0.139. The number of anilines is 1. The quantitative estimate of drug-likeness (QED) is 0.564. The molecule has 2 aromatic carbocycles. The van der Waals surface area contributed by atoms with E-state index in [1.54, 1.807) is 44.2 Å². The van der Waals surface area contributed by atoms with Crippen LogP contribution in [0.15, 0.2) is 71.2 Å². The number of esters is 2. The molecule has 0 amide bonds. The first-order valence-corrected chi connectivity index (χ1v) is 11.0. The number of alkyl halides is 3. The van der Waals surface area contributed by atoms with Gasteiger partial charge in [0.2, 0.25) is 0 Å². The zero-order valence-electron chi connectivity index (χ0n) is 20.4. The molecule has 2 aromatic rings. The van der Waals surface area contributed by atoms with Crippen molar-refractivity contribution in [3.8, 4) is 11.8 Å². The highest BCUT2D eigenvalue weighted by atomic mass is 19.4. The van der Waals surface area contributed by atoms with Crippen LogP contribution in [-0.2, 0) is 25.2 Å². The van der Waals surface area contributed by atoms with Crippen molar-refractivity contribution < 1.29 is 37.0 Å². The number of carbonyl (C=O) groups excluding carboxylic acids is 2. The average Bonchev–Trinajstić information content (AvgIpc) is 2.86. The van der Waals surface area contributed by atoms with Crippen LogP contribution >= 0.6 is 0 Å². The number of benzene rings is 2. The molecule has 0 spiro atoms. The van der Waals surface area contributed by atoms with Crippen molar-refractivity contribution in [2.45, 2.75) is 32.0 Å². The molecule has 1 unspecified atom stereocenters. The van der Waals surface area contributed by atoms with Crippen LogP contribution in [0.2, 0.25) is 0 Å². The highest BCUT2D eigenvalue weighted by Gasteiger charge is 2.43. The molecule has 0 aromatic heterocycles. The lowest BCUT2D eigenvalue weighted by Gasteiger charge is -2.36. The lowest BCUT2D eigenvalue weighted by Crippen LogP contribution is -2.40. The standard InChI is InChI=1S/C26H24F3N3O5/c1-14(2)37-18-11-16(26(27,28)29)10-17(12-18)32-22(25(34)36-4)21(24(33)35-3)20(19(13-30)23(32)31)15-8-6-5-7-9-15/h5-12,14,20H,31H2,1-4H3. The van der Waals surface area contributed by atoms with Crippen LogP contribution in [0.1, 0.15) is 30.9 Å². The average molecular weight is 515 g/mol. The molecule has 2 N–H and O–H groups in total. The molecule has 0 radical (unpaired) electrons. The van der Waals surface area contributed by atoms with Gasteiger partial charge in [0, 0.05) is 6.07 Å². The summed E-state index contributed by atoms with van der Waals surface area (Å²) in [6.07, 6.45) is -5.27. The van der Waals surface area contributed by atoms with E-state index >= 15 is 0 Å². The molecule has 0 bridgehead atoms. The van der Waals surface area contributed by atoms with Crippen molar-refractivity contribution >= 4 is 17.6 Å². The minimum Gasteiger partial charge on any atom is -0.491 e. The fourth-order valence-corrected chi connectivity index (χ4v) is 4.00. The van der Waals surface area contributed by atoms with Crippen LogP contribution in [0.3, 0.4) is 0 Å². The molecule has 194 valence electrons. The number of ether oxygens (including phenoxy) is 3. The lowest BCUT2D eigenvalue weighted by atomic mass is 9.81. The van der Waals surface area contributed by atoms with Crippen molar-refractivity contribution in [2.75, 3.05) is 19.1 Å². The third kappa shape index (κ3) is 5.38. The molecule has 11 heteroatoms. The van der Waals surface area contributed by atoms with Gasteiger partial charge in [0.15, 0.2) is 0 Å². The zero-order chi connectivity index (χ0) is 27.5. The van der Waals surface area contributed by atoms with Crippen LogP contribution in [0.4, 0.5) is 18.9 Å². The third-order valence-electron chi connectivity index (χ3n) is 5.46. The maximum absolute atomic E-state index is 13.8. The van der Waals surface area contributed by atoms with Crippen LogP contribution in [0.25, 0.3) is 0 Å². The Bertz CT molecular complexity index is 1310. The summed E-state index contributed by atoms with van der Waals surface area (Å²) in [6.45, 7) is 3.25. The molecule has 0 fully saturated rings. The monoisotopic (exact) mass is 515 g/mol. The number of nitriles is 1. The number of allylic oxidation sites excluding steroid dienone is 1. The normalized spacial score (nSPS) is 16.0. The van der Waals surface area contributed by atoms with E-state index in [0.29, 0.717) is 5.56 Å². The topological polar surface area (TPSA) is 115 Å². The van der Waals surface area contributed by atoms with Crippen molar-refractivity contribution in [1.29, 1.82) is 5.26 Å². The maximum atomic E-state index is 13.8. The Morgan fingerprint density at radius 3 is 2.19 bits per heavy atom. The first-order valence-electron chi connectivity index (χ1n) is 11.0. The molecule has 0 saturated carbocycles. The second-order valence-corrected chi connectivity index (χ2v) is 8.22. The summed E-state index contributed by atoms with van der Waals surface area (Å²) < 4.78 is 56.8. The van der Waals surface area contributed by atoms with E-state index in [0.717, 1.165) is 31.3 Å². The minimum atomic E-state index is -4.79. The van der Waals surface area contributed by atoms with Gasteiger partial charge in [-0.1, -0.05) is 30.3 Å². The third-order valence-corrected chi connectivity index (χ3v) is 5.46. The van der Waals surface area contributed by atoms with E-state index in [2.05, 4.69) is 0 Å². The van der Waals surface area contributed by atoms with Crippen LogP contribution in [-0.4, -0.2) is 32.3 Å². The Morgan fingerprint density at radius 2 is 1.68 bits per heavy atom. The molecule has 1 aliphatic heterocycles. The predicted molar refractivity (Wildman–Crippen MR) is 127 cm³/mol. The number of carbonyl (C=O) groups is 2. The molecule has 3 rings (SSSR count). The van der Waals surface area contributed by atoms with E-state index in [1.165, 1.54) is 6.07 Å². The van der Waals surface area contributed by atoms with Gasteiger partial charge in [-0.25, -0.2) is 9.59 Å². The number of nitrogens with two attached hydrogens (primary N) is 1. The van der Waals surface area contributed by atoms with Gasteiger partial charge in [-0.3, -0.25) is 4.90 Å². The van der Waals surface area contributed by atoms with E-state index in [-0.39, 0.29) is 28.4 Å². The van der Waals surface area contributed by atoms with Gasteiger partial charge in [-0.2, -0.15) is 18.4 Å². The van der Waals surface area contributed by atoms with Gasteiger partial charge in [-0.15, -0.1) is 0 Å². The molecular formula is C26H24F3N3O5. The first-order chi connectivity index (χ1) is 17.4. The maximum Gasteiger partial charge on any atom is 0.416 e. The van der Waals surface area contributed by atoms with Crippen LogP contribution in [0.5, 0.6) is 5.75 Å². The molecule has 8 nitrogen and oxygen atoms in total. The SMILES string of the molecule is COC(=O)C1=C(C(=O)OC)N(c2cc(OC(C)C)cc(C(F)(F)F)c2)C(N)=C(C#N)C1c1ccccc1. The summed E-state index contributed by atoms with van der Waals surface area (Å²) in [6, 6.07) is 12.9. The van der Waals surface area contributed by atoms with Crippen LogP contribution < -0.4 is 15.4 Å². The molecule has 1 heterocycles. The molecule has 1 aliphatic rings. The fourth-order valence-electron chi connectivity index (χ4n) is 4.00. The number of rotatable bonds is 6. The first kappa shape index (κ1) is 27.1. The Kier molecular flexibility index (Phi) is 7.81. The Balaban J connectivity index is 2.44. The van der Waals surface area contributed by atoms with Gasteiger partial charge in [0.05, 0.1) is 54.7 Å². The smallest absolute Gasteiger partial charge is 0.416 e.